The molecular formula is C6H7ClF3N3S. The van der Waals surface area contributed by atoms with Crippen LogP contribution in [0.1, 0.15) is 5.01 Å². The van der Waals surface area contributed by atoms with Crippen molar-refractivity contribution in [3.05, 3.63) is 5.01 Å². The van der Waals surface area contributed by atoms with Crippen LogP contribution in [0.3, 0.4) is 0 Å². The maximum Gasteiger partial charge on any atom is 0.445 e. The van der Waals surface area contributed by atoms with Crippen LogP contribution in [0.25, 0.3) is 0 Å². The molecule has 0 saturated heterocycles. The molecule has 0 unspecified atom stereocenters. The van der Waals surface area contributed by atoms with Crippen LogP contribution in [0, 0.1) is 0 Å². The summed E-state index contributed by atoms with van der Waals surface area (Å²) in [7, 11) is 1.61. The van der Waals surface area contributed by atoms with Crippen molar-refractivity contribution in [2.45, 2.75) is 6.18 Å². The molecule has 1 aromatic rings. The minimum atomic E-state index is -4.42. The molecule has 0 radical (unpaired) electrons. The van der Waals surface area contributed by atoms with Crippen LogP contribution in [-0.4, -0.2) is 29.7 Å². The molecule has 0 N–H and O–H groups in total. The number of halogens is 4. The summed E-state index contributed by atoms with van der Waals surface area (Å²) in [6.45, 7) is 0.439. The van der Waals surface area contributed by atoms with Gasteiger partial charge in [-0.2, -0.15) is 13.2 Å². The number of hydrogen-bond donors (Lipinski definition) is 0. The van der Waals surface area contributed by atoms with E-state index in [4.69, 9.17) is 11.6 Å². The van der Waals surface area contributed by atoms with Crippen molar-refractivity contribution in [2.24, 2.45) is 0 Å². The predicted molar refractivity (Wildman–Crippen MR) is 48.9 cm³/mol. The maximum atomic E-state index is 12.1. The lowest BCUT2D eigenvalue weighted by atomic mass is 10.7. The van der Waals surface area contributed by atoms with Crippen LogP contribution >= 0.6 is 22.9 Å². The molecule has 0 amide bonds. The maximum absolute atomic E-state index is 12.1. The van der Waals surface area contributed by atoms with Gasteiger partial charge in [-0.25, -0.2) is 0 Å². The average Bonchev–Trinajstić information content (AvgIpc) is 2.51. The third kappa shape index (κ3) is 2.71. The number of alkyl halides is 4. The third-order valence-electron chi connectivity index (χ3n) is 1.40. The van der Waals surface area contributed by atoms with Gasteiger partial charge in [0.05, 0.1) is 0 Å². The first-order valence-electron chi connectivity index (χ1n) is 3.63. The van der Waals surface area contributed by atoms with Gasteiger partial charge in [0.15, 0.2) is 0 Å². The molecule has 3 nitrogen and oxygen atoms in total. The van der Waals surface area contributed by atoms with Crippen LogP contribution in [-0.2, 0) is 6.18 Å². The highest BCUT2D eigenvalue weighted by Gasteiger charge is 2.35. The molecule has 80 valence electrons. The Morgan fingerprint density at radius 1 is 1.43 bits per heavy atom. The van der Waals surface area contributed by atoms with E-state index in [1.807, 2.05) is 0 Å². The summed E-state index contributed by atoms with van der Waals surface area (Å²) < 4.78 is 36.3. The fourth-order valence-corrected chi connectivity index (χ4v) is 1.66. The summed E-state index contributed by atoms with van der Waals surface area (Å²) in [6, 6.07) is 0. The molecule has 0 bridgehead atoms. The third-order valence-corrected chi connectivity index (χ3v) is 2.65. The smallest absolute Gasteiger partial charge is 0.349 e. The van der Waals surface area contributed by atoms with Crippen LogP contribution in [0.4, 0.5) is 18.3 Å². The van der Waals surface area contributed by atoms with Crippen LogP contribution < -0.4 is 4.90 Å². The molecule has 0 aromatic carbocycles. The highest BCUT2D eigenvalue weighted by Crippen LogP contribution is 2.33. The van der Waals surface area contributed by atoms with E-state index in [0.717, 1.165) is 0 Å². The van der Waals surface area contributed by atoms with E-state index in [0.29, 0.717) is 23.8 Å². The Bertz CT molecular complexity index is 301. The molecule has 0 aliphatic heterocycles. The summed E-state index contributed by atoms with van der Waals surface area (Å²) in [6.07, 6.45) is -4.42. The van der Waals surface area contributed by atoms with Gasteiger partial charge in [0.25, 0.3) is 0 Å². The first kappa shape index (κ1) is 11.5. The lowest BCUT2D eigenvalue weighted by molar-refractivity contribution is -0.138. The minimum Gasteiger partial charge on any atom is -0.349 e. The summed E-state index contributed by atoms with van der Waals surface area (Å²) in [4.78, 5) is 1.53. The second-order valence-corrected chi connectivity index (χ2v) is 3.83. The molecule has 0 atom stereocenters. The fraction of sp³-hybridized carbons (Fsp3) is 0.667. The van der Waals surface area contributed by atoms with Crippen LogP contribution in [0.2, 0.25) is 0 Å². The van der Waals surface area contributed by atoms with Crippen molar-refractivity contribution in [2.75, 3.05) is 24.4 Å². The SMILES string of the molecule is CN(CCCl)c1nnc(C(F)(F)F)s1. The summed E-state index contributed by atoms with van der Waals surface area (Å²) in [5, 5.41) is 5.75. The fourth-order valence-electron chi connectivity index (χ4n) is 0.707. The summed E-state index contributed by atoms with van der Waals surface area (Å²) >= 11 is 5.94. The van der Waals surface area contributed by atoms with Crippen molar-refractivity contribution >= 4 is 28.1 Å². The van der Waals surface area contributed by atoms with E-state index in [9.17, 15) is 13.2 Å². The zero-order valence-electron chi connectivity index (χ0n) is 7.18. The van der Waals surface area contributed by atoms with Crippen molar-refractivity contribution < 1.29 is 13.2 Å². The van der Waals surface area contributed by atoms with Crippen molar-refractivity contribution in [3.8, 4) is 0 Å². The molecule has 0 aliphatic carbocycles. The van der Waals surface area contributed by atoms with E-state index in [2.05, 4.69) is 10.2 Å². The van der Waals surface area contributed by atoms with Crippen LogP contribution in [0.5, 0.6) is 0 Å². The Labute approximate surface area is 87.5 Å². The van der Waals surface area contributed by atoms with E-state index in [-0.39, 0.29) is 5.13 Å². The van der Waals surface area contributed by atoms with Crippen LogP contribution in [0.15, 0.2) is 0 Å². The Hall–Kier alpha value is -0.560. The lowest BCUT2D eigenvalue weighted by Gasteiger charge is -2.11. The van der Waals surface area contributed by atoms with Gasteiger partial charge >= 0.3 is 6.18 Å². The van der Waals surface area contributed by atoms with Gasteiger partial charge < -0.3 is 4.90 Å². The van der Waals surface area contributed by atoms with Gasteiger partial charge in [-0.15, -0.1) is 21.8 Å². The van der Waals surface area contributed by atoms with Gasteiger partial charge in [-0.05, 0) is 0 Å². The molecule has 1 rings (SSSR count). The predicted octanol–water partition coefficient (Wildman–Crippen LogP) is 2.23. The molecule has 0 aliphatic rings. The highest BCUT2D eigenvalue weighted by atomic mass is 35.5. The van der Waals surface area contributed by atoms with Gasteiger partial charge in [-0.3, -0.25) is 0 Å². The number of nitrogens with zero attached hydrogens (tertiary/aromatic N) is 3. The van der Waals surface area contributed by atoms with Crippen molar-refractivity contribution in [3.63, 3.8) is 0 Å². The number of hydrogen-bond acceptors (Lipinski definition) is 4. The summed E-state index contributed by atoms with van der Waals surface area (Å²) in [5.41, 5.74) is 0. The monoisotopic (exact) mass is 245 g/mol. The minimum absolute atomic E-state index is 0.220. The van der Waals surface area contributed by atoms with E-state index in [1.54, 1.807) is 7.05 Å². The van der Waals surface area contributed by atoms with E-state index in [1.165, 1.54) is 4.90 Å². The molecule has 1 aromatic heterocycles. The Balaban J connectivity index is 2.78. The molecular weight excluding hydrogens is 239 g/mol. The number of anilines is 1. The Morgan fingerprint density at radius 2 is 2.07 bits per heavy atom. The van der Waals surface area contributed by atoms with Gasteiger partial charge in [0.2, 0.25) is 10.1 Å². The first-order chi connectivity index (χ1) is 6.45. The molecule has 0 fully saturated rings. The Morgan fingerprint density at radius 3 is 2.50 bits per heavy atom. The van der Waals surface area contributed by atoms with Crippen molar-refractivity contribution in [1.29, 1.82) is 0 Å². The summed E-state index contributed by atoms with van der Waals surface area (Å²) in [5.74, 6) is 0.331. The van der Waals surface area contributed by atoms with Gasteiger partial charge in [0.1, 0.15) is 0 Å². The average molecular weight is 246 g/mol. The second kappa shape index (κ2) is 4.31. The first-order valence-corrected chi connectivity index (χ1v) is 4.98. The highest BCUT2D eigenvalue weighted by molar-refractivity contribution is 7.15. The van der Waals surface area contributed by atoms with E-state index >= 15 is 0 Å². The zero-order chi connectivity index (χ0) is 10.8. The zero-order valence-corrected chi connectivity index (χ0v) is 8.75. The van der Waals surface area contributed by atoms with Gasteiger partial charge in [-0.1, -0.05) is 11.3 Å². The molecule has 0 saturated carbocycles. The topological polar surface area (TPSA) is 29.0 Å². The Kier molecular flexibility index (Phi) is 3.54. The van der Waals surface area contributed by atoms with E-state index < -0.39 is 11.2 Å². The van der Waals surface area contributed by atoms with Gasteiger partial charge in [0, 0.05) is 19.5 Å². The number of aromatic nitrogens is 2. The van der Waals surface area contributed by atoms with Crippen molar-refractivity contribution in [1.82, 2.24) is 10.2 Å². The molecule has 1 heterocycles. The molecule has 0 spiro atoms. The lowest BCUT2D eigenvalue weighted by Crippen LogP contribution is -2.19. The second-order valence-electron chi connectivity index (χ2n) is 2.50. The number of rotatable bonds is 3. The standard InChI is InChI=1S/C6H7ClF3N3S/c1-13(3-2-7)5-12-11-4(14-5)6(8,9)10/h2-3H2,1H3. The molecule has 8 heteroatoms. The normalized spacial score (nSPS) is 11.8. The largest absolute Gasteiger partial charge is 0.445 e. The quantitative estimate of drug-likeness (QED) is 0.765. The molecule has 14 heavy (non-hydrogen) atoms.